The summed E-state index contributed by atoms with van der Waals surface area (Å²) in [6.07, 6.45) is 4.82. The summed E-state index contributed by atoms with van der Waals surface area (Å²) >= 11 is 12.0. The molecule has 4 heteroatoms. The van der Waals surface area contributed by atoms with Gasteiger partial charge in [0.2, 0.25) is 0 Å². The van der Waals surface area contributed by atoms with Crippen LogP contribution in [0.2, 0.25) is 10.0 Å². The smallest absolute Gasteiger partial charge is 0.165 e. The highest BCUT2D eigenvalue weighted by molar-refractivity contribution is 6.39. The summed E-state index contributed by atoms with van der Waals surface area (Å²) in [6.45, 7) is 0.856. The van der Waals surface area contributed by atoms with Crippen LogP contribution in [0.5, 0.6) is 0 Å². The number of ketones is 1. The number of hydrogen-bond donors (Lipinski definition) is 0. The summed E-state index contributed by atoms with van der Waals surface area (Å²) < 4.78 is 5.52. The van der Waals surface area contributed by atoms with Gasteiger partial charge in [-0.05, 0) is 37.8 Å². The molecule has 18 heavy (non-hydrogen) atoms. The molecule has 0 aliphatic carbocycles. The third-order valence-corrected chi connectivity index (χ3v) is 3.83. The first-order valence-corrected chi connectivity index (χ1v) is 7.03. The van der Waals surface area contributed by atoms with Gasteiger partial charge in [-0.1, -0.05) is 29.3 Å². The van der Waals surface area contributed by atoms with Gasteiger partial charge >= 0.3 is 0 Å². The molecule has 1 saturated heterocycles. The van der Waals surface area contributed by atoms with E-state index in [0.29, 0.717) is 28.1 Å². The van der Waals surface area contributed by atoms with Gasteiger partial charge in [-0.15, -0.1) is 0 Å². The average Bonchev–Trinajstić information content (AvgIpc) is 2.82. The molecule has 1 fully saturated rings. The van der Waals surface area contributed by atoms with E-state index in [-0.39, 0.29) is 5.78 Å². The van der Waals surface area contributed by atoms with E-state index in [1.807, 2.05) is 0 Å². The van der Waals surface area contributed by atoms with Crippen LogP contribution in [0.25, 0.3) is 0 Å². The Morgan fingerprint density at radius 1 is 1.33 bits per heavy atom. The highest BCUT2D eigenvalue weighted by Gasteiger charge is 2.17. The maximum atomic E-state index is 12.1. The lowest BCUT2D eigenvalue weighted by Crippen LogP contribution is -2.07. The van der Waals surface area contributed by atoms with Crippen LogP contribution < -0.4 is 0 Å². The van der Waals surface area contributed by atoms with Crippen LogP contribution in [0, 0.1) is 0 Å². The molecule has 0 N–H and O–H groups in total. The van der Waals surface area contributed by atoms with Crippen molar-refractivity contribution in [2.45, 2.75) is 38.2 Å². The van der Waals surface area contributed by atoms with E-state index in [2.05, 4.69) is 0 Å². The predicted molar refractivity (Wildman–Crippen MR) is 73.6 cm³/mol. The Labute approximate surface area is 117 Å². The summed E-state index contributed by atoms with van der Waals surface area (Å²) in [5.41, 5.74) is 0.452. The molecule has 1 aliphatic rings. The van der Waals surface area contributed by atoms with Crippen LogP contribution >= 0.6 is 23.2 Å². The summed E-state index contributed by atoms with van der Waals surface area (Å²) in [6, 6.07) is 5.13. The normalized spacial score (nSPS) is 19.1. The van der Waals surface area contributed by atoms with Crippen LogP contribution in [0.4, 0.5) is 0 Å². The van der Waals surface area contributed by atoms with Gasteiger partial charge in [-0.25, -0.2) is 0 Å². The fraction of sp³-hybridized carbons (Fsp3) is 0.500. The van der Waals surface area contributed by atoms with E-state index in [4.69, 9.17) is 27.9 Å². The molecule has 1 atom stereocenters. The number of hydrogen-bond acceptors (Lipinski definition) is 2. The second-order valence-corrected chi connectivity index (χ2v) is 5.36. The molecule has 98 valence electrons. The van der Waals surface area contributed by atoms with Gasteiger partial charge in [0.15, 0.2) is 5.78 Å². The molecule has 1 aromatic rings. The number of rotatable bonds is 5. The van der Waals surface area contributed by atoms with Gasteiger partial charge in [-0.2, -0.15) is 0 Å². The lowest BCUT2D eigenvalue weighted by molar-refractivity contribution is 0.0923. The maximum Gasteiger partial charge on any atom is 0.165 e. The van der Waals surface area contributed by atoms with Gasteiger partial charge in [0.05, 0.1) is 21.7 Å². The van der Waals surface area contributed by atoms with E-state index < -0.39 is 0 Å². The van der Waals surface area contributed by atoms with Crippen LogP contribution in [-0.4, -0.2) is 18.5 Å². The van der Waals surface area contributed by atoms with Crippen molar-refractivity contribution in [2.24, 2.45) is 0 Å². The van der Waals surface area contributed by atoms with Crippen LogP contribution in [0.1, 0.15) is 42.5 Å². The zero-order valence-electron chi connectivity index (χ0n) is 10.1. The predicted octanol–water partition coefficient (Wildman–Crippen LogP) is 4.53. The summed E-state index contributed by atoms with van der Waals surface area (Å²) in [5.74, 6) is 0.0172. The number of halogens is 2. The minimum Gasteiger partial charge on any atom is -0.378 e. The van der Waals surface area contributed by atoms with Gasteiger partial charge in [0, 0.05) is 13.0 Å². The molecule has 0 saturated carbocycles. The minimum absolute atomic E-state index is 0.0172. The zero-order chi connectivity index (χ0) is 13.0. The van der Waals surface area contributed by atoms with Crippen molar-refractivity contribution in [3.8, 4) is 0 Å². The molecule has 2 nitrogen and oxygen atoms in total. The molecule has 1 unspecified atom stereocenters. The molecule has 0 aromatic heterocycles. The summed E-state index contributed by atoms with van der Waals surface area (Å²) in [4.78, 5) is 12.1. The fourth-order valence-electron chi connectivity index (χ4n) is 2.25. The Morgan fingerprint density at radius 2 is 2.06 bits per heavy atom. The first-order valence-electron chi connectivity index (χ1n) is 6.27. The molecule has 0 spiro atoms. The third kappa shape index (κ3) is 3.47. The minimum atomic E-state index is 0.0172. The number of benzene rings is 1. The lowest BCUT2D eigenvalue weighted by Gasteiger charge is -2.09. The van der Waals surface area contributed by atoms with Gasteiger partial charge in [-0.3, -0.25) is 4.79 Å². The van der Waals surface area contributed by atoms with E-state index in [1.165, 1.54) is 0 Å². The van der Waals surface area contributed by atoms with Gasteiger partial charge in [0.25, 0.3) is 0 Å². The van der Waals surface area contributed by atoms with Crippen LogP contribution in [0.15, 0.2) is 18.2 Å². The molecule has 1 heterocycles. The molecule has 0 amide bonds. The van der Waals surface area contributed by atoms with Crippen molar-refractivity contribution < 1.29 is 9.53 Å². The van der Waals surface area contributed by atoms with Gasteiger partial charge < -0.3 is 4.74 Å². The van der Waals surface area contributed by atoms with Crippen molar-refractivity contribution in [3.05, 3.63) is 33.8 Å². The van der Waals surface area contributed by atoms with Gasteiger partial charge in [0.1, 0.15) is 0 Å². The van der Waals surface area contributed by atoms with Crippen LogP contribution in [-0.2, 0) is 4.74 Å². The molecule has 1 aliphatic heterocycles. The monoisotopic (exact) mass is 286 g/mol. The molecule has 2 rings (SSSR count). The average molecular weight is 287 g/mol. The van der Waals surface area contributed by atoms with E-state index in [0.717, 1.165) is 32.3 Å². The lowest BCUT2D eigenvalue weighted by atomic mass is 10.0. The topological polar surface area (TPSA) is 26.3 Å². The van der Waals surface area contributed by atoms with Crippen molar-refractivity contribution in [2.75, 3.05) is 6.61 Å². The van der Waals surface area contributed by atoms with Crippen molar-refractivity contribution in [3.63, 3.8) is 0 Å². The molecule has 0 bridgehead atoms. The standard InChI is InChI=1S/C14H16Cl2O2/c15-11-6-2-7-12(16)14(11)13(17)8-1-4-10-5-3-9-18-10/h2,6-7,10H,1,3-5,8-9H2. The summed E-state index contributed by atoms with van der Waals surface area (Å²) in [7, 11) is 0. The first kappa shape index (κ1) is 13.9. The van der Waals surface area contributed by atoms with Crippen molar-refractivity contribution in [1.29, 1.82) is 0 Å². The largest absolute Gasteiger partial charge is 0.378 e. The van der Waals surface area contributed by atoms with Crippen LogP contribution in [0.3, 0.4) is 0 Å². The van der Waals surface area contributed by atoms with Crippen molar-refractivity contribution >= 4 is 29.0 Å². The Bertz CT molecular complexity index is 406. The number of Topliss-reactive ketones (excluding diaryl/α,β-unsaturated/α-hetero) is 1. The molecule has 0 radical (unpaired) electrons. The Hall–Kier alpha value is -0.570. The zero-order valence-corrected chi connectivity index (χ0v) is 11.6. The Kier molecular flexibility index (Phi) is 5.04. The highest BCUT2D eigenvalue weighted by atomic mass is 35.5. The third-order valence-electron chi connectivity index (χ3n) is 3.20. The second kappa shape index (κ2) is 6.55. The highest BCUT2D eigenvalue weighted by Crippen LogP contribution is 2.26. The Balaban J connectivity index is 1.87. The maximum absolute atomic E-state index is 12.1. The van der Waals surface area contributed by atoms with Crippen molar-refractivity contribution in [1.82, 2.24) is 0 Å². The van der Waals surface area contributed by atoms with E-state index >= 15 is 0 Å². The summed E-state index contributed by atoms with van der Waals surface area (Å²) in [5, 5.41) is 0.870. The SMILES string of the molecule is O=C(CCCC1CCCO1)c1c(Cl)cccc1Cl. The fourth-order valence-corrected chi connectivity index (χ4v) is 2.86. The number of carbonyl (C=O) groups excluding carboxylic acids is 1. The quantitative estimate of drug-likeness (QED) is 0.744. The van der Waals surface area contributed by atoms with E-state index in [9.17, 15) is 4.79 Å². The number of carbonyl (C=O) groups is 1. The Morgan fingerprint density at radius 3 is 2.67 bits per heavy atom. The second-order valence-electron chi connectivity index (χ2n) is 4.55. The molecular weight excluding hydrogens is 271 g/mol. The number of ether oxygens (including phenoxy) is 1. The van der Waals surface area contributed by atoms with E-state index in [1.54, 1.807) is 18.2 Å². The molecule has 1 aromatic carbocycles. The first-order chi connectivity index (χ1) is 8.68. The molecular formula is C14H16Cl2O2.